The number of halogens is 2. The van der Waals surface area contributed by atoms with Crippen molar-refractivity contribution in [3.63, 3.8) is 0 Å². The van der Waals surface area contributed by atoms with E-state index >= 15 is 0 Å². The van der Waals surface area contributed by atoms with E-state index in [-0.39, 0.29) is 5.69 Å². The van der Waals surface area contributed by atoms with Gasteiger partial charge in [-0.15, -0.1) is 0 Å². The zero-order valence-electron chi connectivity index (χ0n) is 7.81. The fourth-order valence-corrected chi connectivity index (χ4v) is 1.32. The summed E-state index contributed by atoms with van der Waals surface area (Å²) in [6.45, 7) is 0.633. The predicted octanol–water partition coefficient (Wildman–Crippen LogP) is 2.32. The Kier molecular flexibility index (Phi) is 4.00. The van der Waals surface area contributed by atoms with Crippen LogP contribution in [0.5, 0.6) is 0 Å². The van der Waals surface area contributed by atoms with Crippen molar-refractivity contribution in [1.82, 2.24) is 0 Å². The van der Waals surface area contributed by atoms with E-state index in [2.05, 4.69) is 5.32 Å². The Bertz CT molecular complexity index is 318. The van der Waals surface area contributed by atoms with Gasteiger partial charge in [-0.25, -0.2) is 8.78 Å². The van der Waals surface area contributed by atoms with Crippen molar-refractivity contribution in [2.75, 3.05) is 29.6 Å². The van der Waals surface area contributed by atoms with Crippen LogP contribution in [0.3, 0.4) is 0 Å². The molecule has 0 heterocycles. The van der Waals surface area contributed by atoms with Crippen LogP contribution in [0.25, 0.3) is 0 Å². The van der Waals surface area contributed by atoms with Crippen molar-refractivity contribution in [2.24, 2.45) is 0 Å². The Morgan fingerprint density at radius 1 is 1.43 bits per heavy atom. The molecule has 0 bridgehead atoms. The SMILES string of the molecule is CSCCNc1cc(F)cc(F)c1N. The fraction of sp³-hybridized carbons (Fsp3) is 0.333. The zero-order chi connectivity index (χ0) is 10.6. The summed E-state index contributed by atoms with van der Waals surface area (Å²) in [5.41, 5.74) is 5.70. The maximum atomic E-state index is 12.9. The van der Waals surface area contributed by atoms with Gasteiger partial charge in [0, 0.05) is 18.4 Å². The second-order valence-electron chi connectivity index (χ2n) is 2.77. The van der Waals surface area contributed by atoms with Gasteiger partial charge in [0.15, 0.2) is 5.82 Å². The van der Waals surface area contributed by atoms with E-state index in [4.69, 9.17) is 5.73 Å². The van der Waals surface area contributed by atoms with Gasteiger partial charge in [-0.05, 0) is 12.3 Å². The van der Waals surface area contributed by atoms with Crippen molar-refractivity contribution >= 4 is 23.1 Å². The van der Waals surface area contributed by atoms with Crippen LogP contribution in [0.2, 0.25) is 0 Å². The normalized spacial score (nSPS) is 10.2. The Labute approximate surface area is 85.9 Å². The summed E-state index contributed by atoms with van der Waals surface area (Å²) < 4.78 is 25.7. The fourth-order valence-electron chi connectivity index (χ4n) is 1.02. The second-order valence-corrected chi connectivity index (χ2v) is 3.75. The van der Waals surface area contributed by atoms with Gasteiger partial charge in [0.1, 0.15) is 5.82 Å². The average molecular weight is 218 g/mol. The van der Waals surface area contributed by atoms with Crippen molar-refractivity contribution < 1.29 is 8.78 Å². The quantitative estimate of drug-likeness (QED) is 0.601. The number of thioether (sulfide) groups is 1. The molecule has 78 valence electrons. The lowest BCUT2D eigenvalue weighted by molar-refractivity contribution is 0.587. The number of anilines is 2. The summed E-state index contributed by atoms with van der Waals surface area (Å²) in [4.78, 5) is 0. The van der Waals surface area contributed by atoms with Crippen molar-refractivity contribution in [3.05, 3.63) is 23.8 Å². The van der Waals surface area contributed by atoms with E-state index in [0.29, 0.717) is 12.2 Å². The van der Waals surface area contributed by atoms with Crippen molar-refractivity contribution in [1.29, 1.82) is 0 Å². The first kappa shape index (κ1) is 11.1. The molecule has 2 nitrogen and oxygen atoms in total. The molecule has 3 N–H and O–H groups in total. The Morgan fingerprint density at radius 3 is 2.79 bits per heavy atom. The van der Waals surface area contributed by atoms with Crippen LogP contribution in [0.1, 0.15) is 0 Å². The van der Waals surface area contributed by atoms with Gasteiger partial charge in [0.05, 0.1) is 11.4 Å². The summed E-state index contributed by atoms with van der Waals surface area (Å²) >= 11 is 1.64. The first-order valence-corrected chi connectivity index (χ1v) is 5.52. The summed E-state index contributed by atoms with van der Waals surface area (Å²) in [5, 5.41) is 2.87. The third-order valence-electron chi connectivity index (χ3n) is 1.72. The first-order chi connectivity index (χ1) is 6.65. The molecule has 0 saturated carbocycles. The molecule has 0 fully saturated rings. The van der Waals surface area contributed by atoms with Gasteiger partial charge in [-0.3, -0.25) is 0 Å². The minimum Gasteiger partial charge on any atom is -0.395 e. The Balaban J connectivity index is 2.75. The molecule has 0 spiro atoms. The van der Waals surface area contributed by atoms with Crippen LogP contribution in [0.4, 0.5) is 20.2 Å². The standard InChI is InChI=1S/C9H12F2N2S/c1-14-3-2-13-8-5-6(10)4-7(11)9(8)12/h4-5,13H,2-3,12H2,1H3. The summed E-state index contributed by atoms with van der Waals surface area (Å²) in [5.74, 6) is -0.489. The number of benzene rings is 1. The van der Waals surface area contributed by atoms with Crippen molar-refractivity contribution in [3.8, 4) is 0 Å². The average Bonchev–Trinajstić information content (AvgIpc) is 2.13. The molecular formula is C9H12F2N2S. The smallest absolute Gasteiger partial charge is 0.151 e. The van der Waals surface area contributed by atoms with E-state index < -0.39 is 11.6 Å². The molecule has 0 aliphatic rings. The number of rotatable bonds is 4. The maximum Gasteiger partial charge on any atom is 0.151 e. The number of hydrogen-bond donors (Lipinski definition) is 2. The molecular weight excluding hydrogens is 206 g/mol. The molecule has 0 amide bonds. The van der Waals surface area contributed by atoms with Crippen LogP contribution < -0.4 is 11.1 Å². The molecule has 0 aliphatic carbocycles. The van der Waals surface area contributed by atoms with Gasteiger partial charge in [0.2, 0.25) is 0 Å². The van der Waals surface area contributed by atoms with Crippen LogP contribution in [0.15, 0.2) is 12.1 Å². The molecule has 0 unspecified atom stereocenters. The maximum absolute atomic E-state index is 12.9. The van der Waals surface area contributed by atoms with E-state index in [9.17, 15) is 8.78 Å². The highest BCUT2D eigenvalue weighted by atomic mass is 32.2. The zero-order valence-corrected chi connectivity index (χ0v) is 8.63. The largest absolute Gasteiger partial charge is 0.395 e. The van der Waals surface area contributed by atoms with Gasteiger partial charge in [-0.2, -0.15) is 11.8 Å². The molecule has 0 radical (unpaired) electrons. The number of nitrogens with one attached hydrogen (secondary N) is 1. The lowest BCUT2D eigenvalue weighted by atomic mass is 10.2. The molecule has 0 aromatic heterocycles. The molecule has 1 aromatic carbocycles. The second kappa shape index (κ2) is 5.05. The van der Waals surface area contributed by atoms with E-state index in [0.717, 1.165) is 11.8 Å². The topological polar surface area (TPSA) is 38.0 Å². The molecule has 0 saturated heterocycles. The summed E-state index contributed by atoms with van der Waals surface area (Å²) in [6, 6.07) is 1.97. The minimum absolute atomic E-state index is 0.0347. The third-order valence-corrected chi connectivity index (χ3v) is 2.33. The molecule has 0 atom stereocenters. The van der Waals surface area contributed by atoms with E-state index in [1.807, 2.05) is 6.26 Å². The van der Waals surface area contributed by atoms with Gasteiger partial charge in [-0.1, -0.05) is 0 Å². The summed E-state index contributed by atoms with van der Waals surface area (Å²) in [7, 11) is 0. The lowest BCUT2D eigenvalue weighted by Gasteiger charge is -2.09. The van der Waals surface area contributed by atoms with Crippen LogP contribution in [-0.2, 0) is 0 Å². The van der Waals surface area contributed by atoms with Crippen LogP contribution >= 0.6 is 11.8 Å². The molecule has 1 aromatic rings. The monoisotopic (exact) mass is 218 g/mol. The first-order valence-electron chi connectivity index (χ1n) is 4.12. The van der Waals surface area contributed by atoms with Crippen molar-refractivity contribution in [2.45, 2.75) is 0 Å². The predicted molar refractivity (Wildman–Crippen MR) is 57.6 cm³/mol. The van der Waals surface area contributed by atoms with E-state index in [1.165, 1.54) is 6.07 Å². The number of nitrogen functional groups attached to an aromatic ring is 1. The number of hydrogen-bond acceptors (Lipinski definition) is 3. The minimum atomic E-state index is -0.725. The van der Waals surface area contributed by atoms with Gasteiger partial charge in [0.25, 0.3) is 0 Å². The lowest BCUT2D eigenvalue weighted by Crippen LogP contribution is -2.07. The summed E-state index contributed by atoms with van der Waals surface area (Å²) in [6.07, 6.45) is 1.96. The molecule has 14 heavy (non-hydrogen) atoms. The molecule has 1 rings (SSSR count). The highest BCUT2D eigenvalue weighted by Crippen LogP contribution is 2.23. The third kappa shape index (κ3) is 2.77. The van der Waals surface area contributed by atoms with Crippen LogP contribution in [-0.4, -0.2) is 18.6 Å². The van der Waals surface area contributed by atoms with E-state index in [1.54, 1.807) is 11.8 Å². The van der Waals surface area contributed by atoms with Gasteiger partial charge < -0.3 is 11.1 Å². The highest BCUT2D eigenvalue weighted by Gasteiger charge is 2.06. The van der Waals surface area contributed by atoms with Crippen LogP contribution in [0, 0.1) is 11.6 Å². The van der Waals surface area contributed by atoms with Gasteiger partial charge >= 0.3 is 0 Å². The Hall–Kier alpha value is -0.970. The molecule has 0 aliphatic heterocycles. The highest BCUT2D eigenvalue weighted by molar-refractivity contribution is 7.98. The Morgan fingerprint density at radius 2 is 2.14 bits per heavy atom. The number of nitrogens with two attached hydrogens (primary N) is 1. The molecule has 5 heteroatoms.